The molecule has 1 atom stereocenters. The molecule has 0 saturated carbocycles. The Balaban J connectivity index is 1.63. The van der Waals surface area contributed by atoms with Crippen molar-refractivity contribution in [3.63, 3.8) is 0 Å². The van der Waals surface area contributed by atoms with Gasteiger partial charge < -0.3 is 14.6 Å². The van der Waals surface area contributed by atoms with Gasteiger partial charge in [0.25, 0.3) is 5.89 Å². The molecule has 0 radical (unpaired) electrons. The van der Waals surface area contributed by atoms with E-state index in [9.17, 15) is 4.39 Å². The number of allylic oxidation sites excluding steroid dienone is 1. The predicted octanol–water partition coefficient (Wildman–Crippen LogP) is 6.14. The van der Waals surface area contributed by atoms with E-state index in [1.54, 1.807) is 6.07 Å². The maximum atomic E-state index is 14.2. The molecule has 8 heteroatoms. The minimum Gasteiger partial charge on any atom is -0.494 e. The highest BCUT2D eigenvalue weighted by atomic mass is 32.1. The quantitative estimate of drug-likeness (QED) is 0.328. The van der Waals surface area contributed by atoms with Crippen molar-refractivity contribution in [1.82, 2.24) is 15.5 Å². The molecule has 1 aliphatic heterocycles. The number of nitrogens with zero attached hydrogens (tertiary/aromatic N) is 3. The summed E-state index contributed by atoms with van der Waals surface area (Å²) < 4.78 is 25.5. The molecular formula is C27H23FN4O2S. The van der Waals surface area contributed by atoms with Gasteiger partial charge in [0.15, 0.2) is 5.11 Å². The highest BCUT2D eigenvalue weighted by molar-refractivity contribution is 7.80. The zero-order chi connectivity index (χ0) is 24.4. The average molecular weight is 487 g/mol. The number of hydrogen-bond donors (Lipinski definition) is 1. The summed E-state index contributed by atoms with van der Waals surface area (Å²) in [6.45, 7) is 4.47. The number of halogens is 1. The van der Waals surface area contributed by atoms with E-state index in [2.05, 4.69) is 15.5 Å². The summed E-state index contributed by atoms with van der Waals surface area (Å²) in [6.07, 6.45) is 0. The van der Waals surface area contributed by atoms with Crippen molar-refractivity contribution in [2.24, 2.45) is 0 Å². The van der Waals surface area contributed by atoms with E-state index in [4.69, 9.17) is 21.5 Å². The Morgan fingerprint density at radius 2 is 1.83 bits per heavy atom. The van der Waals surface area contributed by atoms with Crippen molar-refractivity contribution in [3.05, 3.63) is 102 Å². The smallest absolute Gasteiger partial charge is 0.258 e. The highest BCUT2D eigenvalue weighted by Gasteiger charge is 2.35. The van der Waals surface area contributed by atoms with Crippen molar-refractivity contribution in [2.45, 2.75) is 19.9 Å². The largest absolute Gasteiger partial charge is 0.494 e. The first-order valence-corrected chi connectivity index (χ1v) is 11.6. The lowest BCUT2D eigenvalue weighted by Gasteiger charge is -2.37. The second-order valence-electron chi connectivity index (χ2n) is 7.99. The Labute approximate surface area is 208 Å². The molecule has 2 heterocycles. The van der Waals surface area contributed by atoms with E-state index in [0.29, 0.717) is 34.6 Å². The van der Waals surface area contributed by atoms with Crippen LogP contribution in [0.15, 0.2) is 89.1 Å². The van der Waals surface area contributed by atoms with Gasteiger partial charge in [-0.25, -0.2) is 4.39 Å². The summed E-state index contributed by atoms with van der Waals surface area (Å²) in [7, 11) is 0. The average Bonchev–Trinajstić information content (AvgIpc) is 3.35. The molecule has 3 aromatic carbocycles. The Hall–Kier alpha value is -4.04. The third-order valence-electron chi connectivity index (χ3n) is 5.76. The van der Waals surface area contributed by atoms with Gasteiger partial charge in [0, 0.05) is 16.9 Å². The standard InChI is InChI=1S/C27H23FN4O2S/c1-3-33-22-14-12-21(13-15-22)32-17(2)23(24(29-27(32)35)19-10-7-11-20(28)16-19)26-30-25(31-34-26)18-8-5-4-6-9-18/h4-16,24H,3H2,1-2H3,(H,29,35). The molecule has 5 rings (SSSR count). The Morgan fingerprint density at radius 1 is 1.06 bits per heavy atom. The fourth-order valence-corrected chi connectivity index (χ4v) is 4.52. The molecule has 0 fully saturated rings. The van der Waals surface area contributed by atoms with Crippen molar-refractivity contribution in [3.8, 4) is 17.1 Å². The van der Waals surface area contributed by atoms with Crippen LogP contribution in [-0.4, -0.2) is 21.9 Å². The third kappa shape index (κ3) is 4.52. The van der Waals surface area contributed by atoms with E-state index in [0.717, 1.165) is 22.7 Å². The van der Waals surface area contributed by atoms with E-state index < -0.39 is 6.04 Å². The SMILES string of the molecule is CCOc1ccc(N2C(=S)NC(c3cccc(F)c3)C(c3nc(-c4ccccc4)no3)=C2C)cc1. The summed E-state index contributed by atoms with van der Waals surface area (Å²) in [4.78, 5) is 6.59. The summed E-state index contributed by atoms with van der Waals surface area (Å²) in [5.41, 5.74) is 3.91. The number of anilines is 1. The van der Waals surface area contributed by atoms with Crippen LogP contribution in [0.25, 0.3) is 17.0 Å². The molecule has 1 aliphatic rings. The molecule has 176 valence electrons. The summed E-state index contributed by atoms with van der Waals surface area (Å²) in [6, 6.07) is 23.2. The lowest BCUT2D eigenvalue weighted by molar-refractivity contribution is 0.340. The molecular weight excluding hydrogens is 463 g/mol. The van der Waals surface area contributed by atoms with Crippen molar-refractivity contribution in [2.75, 3.05) is 11.5 Å². The van der Waals surface area contributed by atoms with E-state index in [1.165, 1.54) is 12.1 Å². The normalized spacial score (nSPS) is 15.8. The first kappa shape index (κ1) is 22.7. The minimum atomic E-state index is -0.471. The zero-order valence-electron chi connectivity index (χ0n) is 19.2. The number of thiocarbonyl (C=S) groups is 1. The Morgan fingerprint density at radius 3 is 2.54 bits per heavy atom. The Bertz CT molecular complexity index is 1390. The van der Waals surface area contributed by atoms with Crippen molar-refractivity contribution >= 4 is 28.6 Å². The predicted molar refractivity (Wildman–Crippen MR) is 137 cm³/mol. The topological polar surface area (TPSA) is 63.4 Å². The maximum Gasteiger partial charge on any atom is 0.258 e. The number of benzene rings is 3. The van der Waals surface area contributed by atoms with Gasteiger partial charge in [0.1, 0.15) is 11.6 Å². The van der Waals surface area contributed by atoms with E-state index in [-0.39, 0.29) is 5.82 Å². The monoisotopic (exact) mass is 486 g/mol. The first-order valence-electron chi connectivity index (χ1n) is 11.2. The second kappa shape index (κ2) is 9.68. The third-order valence-corrected chi connectivity index (χ3v) is 6.06. The Kier molecular flexibility index (Phi) is 6.29. The molecule has 1 N–H and O–H groups in total. The van der Waals surface area contributed by atoms with Crippen LogP contribution < -0.4 is 15.0 Å². The van der Waals surface area contributed by atoms with Gasteiger partial charge in [-0.3, -0.25) is 4.90 Å². The number of nitrogens with one attached hydrogen (secondary N) is 1. The zero-order valence-corrected chi connectivity index (χ0v) is 20.1. The molecule has 0 spiro atoms. The highest BCUT2D eigenvalue weighted by Crippen LogP contribution is 2.39. The maximum absolute atomic E-state index is 14.2. The van der Waals surface area contributed by atoms with Crippen molar-refractivity contribution in [1.29, 1.82) is 0 Å². The fourth-order valence-electron chi connectivity index (χ4n) is 4.16. The summed E-state index contributed by atoms with van der Waals surface area (Å²) >= 11 is 5.75. The molecule has 0 aliphatic carbocycles. The summed E-state index contributed by atoms with van der Waals surface area (Å²) in [5, 5.41) is 8.03. The van der Waals surface area contributed by atoms with Gasteiger partial charge in [0.05, 0.1) is 18.2 Å². The van der Waals surface area contributed by atoms with Crippen LogP contribution in [0.5, 0.6) is 5.75 Å². The van der Waals surface area contributed by atoms with Crippen LogP contribution in [0.1, 0.15) is 31.3 Å². The van der Waals surface area contributed by atoms with Crippen LogP contribution in [0.4, 0.5) is 10.1 Å². The lowest BCUT2D eigenvalue weighted by atomic mass is 9.94. The van der Waals surface area contributed by atoms with Gasteiger partial charge in [-0.05, 0) is 68.0 Å². The molecule has 35 heavy (non-hydrogen) atoms. The molecule has 0 saturated heterocycles. The molecule has 1 unspecified atom stereocenters. The number of hydrogen-bond acceptors (Lipinski definition) is 5. The van der Waals surface area contributed by atoms with Crippen LogP contribution in [0, 0.1) is 5.82 Å². The van der Waals surface area contributed by atoms with Gasteiger partial charge in [-0.2, -0.15) is 4.98 Å². The molecule has 1 aromatic heterocycles. The molecule has 0 bridgehead atoms. The number of aromatic nitrogens is 2. The van der Waals surface area contributed by atoms with Gasteiger partial charge >= 0.3 is 0 Å². The minimum absolute atomic E-state index is 0.335. The van der Waals surface area contributed by atoms with Gasteiger partial charge in [0.2, 0.25) is 5.82 Å². The molecule has 6 nitrogen and oxygen atoms in total. The van der Waals surface area contributed by atoms with Crippen LogP contribution in [0.3, 0.4) is 0 Å². The van der Waals surface area contributed by atoms with E-state index >= 15 is 0 Å². The summed E-state index contributed by atoms with van der Waals surface area (Å²) in [5.74, 6) is 1.24. The van der Waals surface area contributed by atoms with Gasteiger partial charge in [-0.15, -0.1) is 0 Å². The van der Waals surface area contributed by atoms with E-state index in [1.807, 2.05) is 79.4 Å². The molecule has 0 amide bonds. The van der Waals surface area contributed by atoms with Crippen LogP contribution in [-0.2, 0) is 0 Å². The fraction of sp³-hybridized carbons (Fsp3) is 0.148. The van der Waals surface area contributed by atoms with Crippen LogP contribution in [0.2, 0.25) is 0 Å². The second-order valence-corrected chi connectivity index (χ2v) is 8.37. The number of rotatable bonds is 6. The molecule has 4 aromatic rings. The van der Waals surface area contributed by atoms with Crippen LogP contribution >= 0.6 is 12.2 Å². The first-order chi connectivity index (χ1) is 17.0. The van der Waals surface area contributed by atoms with Crippen molar-refractivity contribution < 1.29 is 13.7 Å². The lowest BCUT2D eigenvalue weighted by Crippen LogP contribution is -2.46. The van der Waals surface area contributed by atoms with Gasteiger partial charge in [-0.1, -0.05) is 47.6 Å². The number of ether oxygens (including phenoxy) is 1.